The fourth-order valence-corrected chi connectivity index (χ4v) is 1.73. The Morgan fingerprint density at radius 2 is 2.05 bits per heavy atom. The van der Waals surface area contributed by atoms with Gasteiger partial charge in [-0.1, -0.05) is 19.4 Å². The summed E-state index contributed by atoms with van der Waals surface area (Å²) in [5, 5.41) is 7.85. The van der Waals surface area contributed by atoms with Crippen molar-refractivity contribution >= 4 is 17.6 Å². The van der Waals surface area contributed by atoms with E-state index in [0.717, 1.165) is 24.1 Å². The largest absolute Gasteiger partial charge is 0.495 e. The number of urea groups is 1. The maximum Gasteiger partial charge on any atom is 0.321 e. The maximum atomic E-state index is 11.7. The molecule has 116 valence electrons. The standard InChI is InChI=1S/C15H23N3O3/c1-4-5-8-16-15(20)18-14(19)10-17-12-9-11(2)6-7-13(12)21-3/h6-7,9,17H,4-5,8,10H2,1-3H3,(H2,16,18,19,20). The lowest BCUT2D eigenvalue weighted by atomic mass is 10.2. The predicted molar refractivity (Wildman–Crippen MR) is 82.7 cm³/mol. The van der Waals surface area contributed by atoms with Gasteiger partial charge < -0.3 is 15.4 Å². The van der Waals surface area contributed by atoms with Gasteiger partial charge in [-0.2, -0.15) is 0 Å². The number of methoxy groups -OCH3 is 1. The minimum Gasteiger partial charge on any atom is -0.495 e. The first-order valence-corrected chi connectivity index (χ1v) is 7.03. The molecule has 0 aromatic heterocycles. The number of carbonyl (C=O) groups excluding carboxylic acids is 2. The normalized spacial score (nSPS) is 9.86. The molecular formula is C15H23N3O3. The monoisotopic (exact) mass is 293 g/mol. The minimum atomic E-state index is -0.466. The lowest BCUT2D eigenvalue weighted by molar-refractivity contribution is -0.118. The van der Waals surface area contributed by atoms with Crippen LogP contribution >= 0.6 is 0 Å². The van der Waals surface area contributed by atoms with Crippen LogP contribution in [0.25, 0.3) is 0 Å². The molecule has 3 N–H and O–H groups in total. The Labute approximate surface area is 125 Å². The van der Waals surface area contributed by atoms with E-state index in [4.69, 9.17) is 4.74 Å². The van der Waals surface area contributed by atoms with E-state index in [2.05, 4.69) is 16.0 Å². The highest BCUT2D eigenvalue weighted by Gasteiger charge is 2.08. The van der Waals surface area contributed by atoms with Crippen LogP contribution in [0.4, 0.5) is 10.5 Å². The second kappa shape index (κ2) is 8.84. The Kier molecular flexibility index (Phi) is 7.08. The number of ether oxygens (including phenoxy) is 1. The molecule has 6 heteroatoms. The number of benzene rings is 1. The number of rotatable bonds is 7. The quantitative estimate of drug-likeness (QED) is 0.672. The molecule has 0 aliphatic rings. The highest BCUT2D eigenvalue weighted by atomic mass is 16.5. The summed E-state index contributed by atoms with van der Waals surface area (Å²) >= 11 is 0. The number of aryl methyl sites for hydroxylation is 1. The average molecular weight is 293 g/mol. The zero-order chi connectivity index (χ0) is 15.7. The van der Waals surface area contributed by atoms with Crippen LogP contribution in [0, 0.1) is 6.92 Å². The van der Waals surface area contributed by atoms with Crippen LogP contribution in [0.3, 0.4) is 0 Å². The third kappa shape index (κ3) is 6.16. The van der Waals surface area contributed by atoms with Crippen LogP contribution in [0.1, 0.15) is 25.3 Å². The van der Waals surface area contributed by atoms with Crippen LogP contribution in [-0.4, -0.2) is 32.1 Å². The van der Waals surface area contributed by atoms with Crippen molar-refractivity contribution in [2.24, 2.45) is 0 Å². The summed E-state index contributed by atoms with van der Waals surface area (Å²) in [5.74, 6) is 0.258. The van der Waals surface area contributed by atoms with E-state index < -0.39 is 11.9 Å². The molecular weight excluding hydrogens is 270 g/mol. The molecule has 21 heavy (non-hydrogen) atoms. The first-order chi connectivity index (χ1) is 10.1. The SMILES string of the molecule is CCCCNC(=O)NC(=O)CNc1cc(C)ccc1OC. The zero-order valence-electron chi connectivity index (χ0n) is 12.8. The summed E-state index contributed by atoms with van der Waals surface area (Å²) in [7, 11) is 1.57. The summed E-state index contributed by atoms with van der Waals surface area (Å²) in [5.41, 5.74) is 1.77. The van der Waals surface area contributed by atoms with Gasteiger partial charge in [0.15, 0.2) is 0 Å². The van der Waals surface area contributed by atoms with Crippen LogP contribution in [0.5, 0.6) is 5.75 Å². The van der Waals surface area contributed by atoms with E-state index in [1.807, 2.05) is 32.0 Å². The van der Waals surface area contributed by atoms with Crippen LogP contribution < -0.4 is 20.7 Å². The van der Waals surface area contributed by atoms with Crippen LogP contribution in [0.15, 0.2) is 18.2 Å². The lowest BCUT2D eigenvalue weighted by Gasteiger charge is -2.12. The second-order valence-corrected chi connectivity index (χ2v) is 4.71. The molecule has 0 bridgehead atoms. The molecule has 1 aromatic rings. The third-order valence-electron chi connectivity index (χ3n) is 2.86. The fourth-order valence-electron chi connectivity index (χ4n) is 1.73. The topological polar surface area (TPSA) is 79.5 Å². The Bertz CT molecular complexity index is 489. The number of unbranched alkanes of at least 4 members (excludes halogenated alkanes) is 1. The van der Waals surface area contributed by atoms with Crippen molar-refractivity contribution in [2.45, 2.75) is 26.7 Å². The van der Waals surface area contributed by atoms with Gasteiger partial charge in [-0.15, -0.1) is 0 Å². The van der Waals surface area contributed by atoms with Crippen molar-refractivity contribution in [1.29, 1.82) is 0 Å². The van der Waals surface area contributed by atoms with Crippen molar-refractivity contribution in [2.75, 3.05) is 25.5 Å². The lowest BCUT2D eigenvalue weighted by Crippen LogP contribution is -2.42. The molecule has 0 saturated heterocycles. The highest BCUT2D eigenvalue weighted by molar-refractivity contribution is 5.96. The minimum absolute atomic E-state index is 0.00100. The van der Waals surface area contributed by atoms with Gasteiger partial charge >= 0.3 is 6.03 Å². The van der Waals surface area contributed by atoms with Gasteiger partial charge in [0, 0.05) is 6.54 Å². The zero-order valence-corrected chi connectivity index (χ0v) is 12.8. The third-order valence-corrected chi connectivity index (χ3v) is 2.86. The highest BCUT2D eigenvalue weighted by Crippen LogP contribution is 2.24. The average Bonchev–Trinajstić information content (AvgIpc) is 2.45. The summed E-state index contributed by atoms with van der Waals surface area (Å²) in [6, 6.07) is 5.16. The van der Waals surface area contributed by atoms with E-state index in [1.165, 1.54) is 0 Å². The van der Waals surface area contributed by atoms with Gasteiger partial charge in [0.25, 0.3) is 0 Å². The van der Waals surface area contributed by atoms with E-state index in [9.17, 15) is 9.59 Å². The van der Waals surface area contributed by atoms with E-state index in [0.29, 0.717) is 12.3 Å². The summed E-state index contributed by atoms with van der Waals surface area (Å²) < 4.78 is 5.21. The van der Waals surface area contributed by atoms with Gasteiger partial charge in [-0.3, -0.25) is 10.1 Å². The van der Waals surface area contributed by atoms with E-state index >= 15 is 0 Å². The summed E-state index contributed by atoms with van der Waals surface area (Å²) in [4.78, 5) is 23.1. The maximum absolute atomic E-state index is 11.7. The Morgan fingerprint density at radius 1 is 1.29 bits per heavy atom. The molecule has 1 aromatic carbocycles. The van der Waals surface area contributed by atoms with Gasteiger partial charge in [0.2, 0.25) is 5.91 Å². The van der Waals surface area contributed by atoms with E-state index in [-0.39, 0.29) is 6.54 Å². The molecule has 0 spiro atoms. The van der Waals surface area contributed by atoms with Crippen molar-refractivity contribution in [3.05, 3.63) is 23.8 Å². The number of anilines is 1. The fraction of sp³-hybridized carbons (Fsp3) is 0.467. The Hall–Kier alpha value is -2.24. The number of hydrogen-bond donors (Lipinski definition) is 3. The first kappa shape index (κ1) is 16.8. The summed E-state index contributed by atoms with van der Waals surface area (Å²) in [6.07, 6.45) is 1.88. The Balaban J connectivity index is 2.42. The molecule has 1 rings (SSSR count). The van der Waals surface area contributed by atoms with Crippen molar-refractivity contribution < 1.29 is 14.3 Å². The van der Waals surface area contributed by atoms with Gasteiger partial charge in [-0.25, -0.2) is 4.79 Å². The number of imide groups is 1. The molecule has 0 saturated carbocycles. The second-order valence-electron chi connectivity index (χ2n) is 4.71. The van der Waals surface area contributed by atoms with E-state index in [1.54, 1.807) is 7.11 Å². The number of amides is 3. The van der Waals surface area contributed by atoms with Gasteiger partial charge in [0.05, 0.1) is 19.3 Å². The Morgan fingerprint density at radius 3 is 2.71 bits per heavy atom. The molecule has 0 fully saturated rings. The predicted octanol–water partition coefficient (Wildman–Crippen LogP) is 2.04. The number of carbonyl (C=O) groups is 2. The van der Waals surface area contributed by atoms with Crippen molar-refractivity contribution in [3.63, 3.8) is 0 Å². The molecule has 0 atom stereocenters. The molecule has 0 unspecified atom stereocenters. The van der Waals surface area contributed by atoms with Crippen molar-refractivity contribution in [3.8, 4) is 5.75 Å². The van der Waals surface area contributed by atoms with Gasteiger partial charge in [0.1, 0.15) is 5.75 Å². The van der Waals surface area contributed by atoms with Crippen LogP contribution in [-0.2, 0) is 4.79 Å². The first-order valence-electron chi connectivity index (χ1n) is 7.03. The molecule has 0 aliphatic carbocycles. The number of hydrogen-bond acceptors (Lipinski definition) is 4. The molecule has 3 amide bonds. The van der Waals surface area contributed by atoms with Crippen LogP contribution in [0.2, 0.25) is 0 Å². The van der Waals surface area contributed by atoms with Gasteiger partial charge in [-0.05, 0) is 31.0 Å². The molecule has 6 nitrogen and oxygen atoms in total. The summed E-state index contributed by atoms with van der Waals surface area (Å²) in [6.45, 7) is 4.55. The smallest absolute Gasteiger partial charge is 0.321 e. The number of nitrogens with one attached hydrogen (secondary N) is 3. The molecule has 0 heterocycles. The molecule has 0 aliphatic heterocycles. The van der Waals surface area contributed by atoms with Crippen molar-refractivity contribution in [1.82, 2.24) is 10.6 Å². The molecule has 0 radical (unpaired) electrons.